The zero-order chi connectivity index (χ0) is 13.2. The Labute approximate surface area is 116 Å². The first-order valence-electron chi connectivity index (χ1n) is 7.60. The molecule has 2 N–H and O–H groups in total. The van der Waals surface area contributed by atoms with E-state index in [1.807, 2.05) is 0 Å². The monoisotopic (exact) mass is 259 g/mol. The van der Waals surface area contributed by atoms with Gasteiger partial charge in [-0.1, -0.05) is 18.6 Å². The van der Waals surface area contributed by atoms with Gasteiger partial charge in [0.1, 0.15) is 0 Å². The minimum atomic E-state index is 0.736. The number of hydrogen-bond donors (Lipinski definition) is 1. The van der Waals surface area contributed by atoms with Crippen LogP contribution in [0.1, 0.15) is 31.2 Å². The van der Waals surface area contributed by atoms with Crippen molar-refractivity contribution in [3.05, 3.63) is 23.8 Å². The Morgan fingerprint density at radius 1 is 1.11 bits per heavy atom. The predicted octanol–water partition coefficient (Wildman–Crippen LogP) is 2.64. The summed E-state index contributed by atoms with van der Waals surface area (Å²) in [6.07, 6.45) is 5.46. The number of para-hydroxylation sites is 1. The number of likely N-dealkylation sites (tertiary alicyclic amines) is 1. The van der Waals surface area contributed by atoms with Crippen molar-refractivity contribution in [1.29, 1.82) is 0 Å². The first-order valence-corrected chi connectivity index (χ1v) is 7.60. The van der Waals surface area contributed by atoms with Crippen LogP contribution in [0, 0.1) is 6.92 Å². The standard InChI is InChI=1S/C16H25N3/c1-13-6-5-7-15(16(13)17)19-11-8-14(12-19)18-9-3-2-4-10-18/h5-7,14H,2-4,8-12,17H2,1H3. The number of anilines is 2. The van der Waals surface area contributed by atoms with Crippen LogP contribution >= 0.6 is 0 Å². The molecule has 2 heterocycles. The maximum atomic E-state index is 6.23. The molecule has 3 nitrogen and oxygen atoms in total. The van der Waals surface area contributed by atoms with E-state index in [2.05, 4.69) is 34.9 Å². The molecule has 2 fully saturated rings. The van der Waals surface area contributed by atoms with E-state index in [0.717, 1.165) is 24.8 Å². The molecule has 2 aliphatic heterocycles. The van der Waals surface area contributed by atoms with Gasteiger partial charge in [-0.05, 0) is 50.9 Å². The molecule has 0 spiro atoms. The largest absolute Gasteiger partial charge is 0.397 e. The Kier molecular flexibility index (Phi) is 3.65. The fourth-order valence-electron chi connectivity index (χ4n) is 3.48. The molecule has 3 heteroatoms. The summed E-state index contributed by atoms with van der Waals surface area (Å²) in [5.74, 6) is 0. The topological polar surface area (TPSA) is 32.5 Å². The zero-order valence-electron chi connectivity index (χ0n) is 11.9. The predicted molar refractivity (Wildman–Crippen MR) is 81.6 cm³/mol. The van der Waals surface area contributed by atoms with E-state index in [1.54, 1.807) is 0 Å². The van der Waals surface area contributed by atoms with Crippen LogP contribution in [0.4, 0.5) is 11.4 Å². The SMILES string of the molecule is Cc1cccc(N2CCC(N3CCCCC3)C2)c1N. The molecule has 2 saturated heterocycles. The smallest absolute Gasteiger partial charge is 0.0603 e. The number of rotatable bonds is 2. The number of nitrogens with zero attached hydrogens (tertiary/aromatic N) is 2. The van der Waals surface area contributed by atoms with Crippen LogP contribution in [0.25, 0.3) is 0 Å². The lowest BCUT2D eigenvalue weighted by Gasteiger charge is -2.32. The minimum Gasteiger partial charge on any atom is -0.397 e. The molecule has 1 unspecified atom stereocenters. The highest BCUT2D eigenvalue weighted by atomic mass is 15.3. The average Bonchev–Trinajstić information content (AvgIpc) is 2.92. The van der Waals surface area contributed by atoms with E-state index in [0.29, 0.717) is 0 Å². The van der Waals surface area contributed by atoms with Gasteiger partial charge in [0.15, 0.2) is 0 Å². The van der Waals surface area contributed by atoms with E-state index in [4.69, 9.17) is 5.73 Å². The third kappa shape index (κ3) is 2.57. The van der Waals surface area contributed by atoms with E-state index in [-0.39, 0.29) is 0 Å². The van der Waals surface area contributed by atoms with Gasteiger partial charge in [-0.3, -0.25) is 4.90 Å². The Morgan fingerprint density at radius 2 is 1.89 bits per heavy atom. The molecule has 1 aromatic rings. The second-order valence-electron chi connectivity index (χ2n) is 5.99. The second-order valence-corrected chi connectivity index (χ2v) is 5.99. The van der Waals surface area contributed by atoms with Crippen LogP contribution in [-0.2, 0) is 0 Å². The van der Waals surface area contributed by atoms with Crippen molar-refractivity contribution >= 4 is 11.4 Å². The highest BCUT2D eigenvalue weighted by Gasteiger charge is 2.29. The molecule has 3 rings (SSSR count). The van der Waals surface area contributed by atoms with Gasteiger partial charge in [-0.15, -0.1) is 0 Å². The first-order chi connectivity index (χ1) is 9.25. The Morgan fingerprint density at radius 3 is 2.68 bits per heavy atom. The van der Waals surface area contributed by atoms with Gasteiger partial charge >= 0.3 is 0 Å². The number of hydrogen-bond acceptors (Lipinski definition) is 3. The number of aryl methyl sites for hydroxylation is 1. The lowest BCUT2D eigenvalue weighted by molar-refractivity contribution is 0.175. The third-order valence-electron chi connectivity index (χ3n) is 4.71. The number of benzene rings is 1. The fraction of sp³-hybridized carbons (Fsp3) is 0.625. The normalized spacial score (nSPS) is 24.9. The van der Waals surface area contributed by atoms with Gasteiger partial charge in [0.2, 0.25) is 0 Å². The van der Waals surface area contributed by atoms with Gasteiger partial charge in [0, 0.05) is 19.1 Å². The molecule has 0 aliphatic carbocycles. The molecule has 1 atom stereocenters. The first kappa shape index (κ1) is 12.8. The van der Waals surface area contributed by atoms with Crippen molar-refractivity contribution in [2.45, 2.75) is 38.6 Å². The fourth-order valence-corrected chi connectivity index (χ4v) is 3.48. The summed E-state index contributed by atoms with van der Waals surface area (Å²) in [5.41, 5.74) is 9.62. The summed E-state index contributed by atoms with van der Waals surface area (Å²) in [6, 6.07) is 7.12. The van der Waals surface area contributed by atoms with Crippen LogP contribution in [0.2, 0.25) is 0 Å². The molecule has 0 aromatic heterocycles. The van der Waals surface area contributed by atoms with Gasteiger partial charge in [0.25, 0.3) is 0 Å². The summed E-state index contributed by atoms with van der Waals surface area (Å²) in [4.78, 5) is 5.16. The second kappa shape index (κ2) is 5.41. The van der Waals surface area contributed by atoms with Crippen molar-refractivity contribution in [3.63, 3.8) is 0 Å². The Hall–Kier alpha value is -1.22. The number of piperidine rings is 1. The molecule has 104 valence electrons. The lowest BCUT2D eigenvalue weighted by Crippen LogP contribution is -2.40. The average molecular weight is 259 g/mol. The van der Waals surface area contributed by atoms with E-state index >= 15 is 0 Å². The van der Waals surface area contributed by atoms with Crippen molar-refractivity contribution in [2.75, 3.05) is 36.8 Å². The Balaban J connectivity index is 1.69. The molecular weight excluding hydrogens is 234 g/mol. The van der Waals surface area contributed by atoms with Crippen molar-refractivity contribution < 1.29 is 0 Å². The minimum absolute atomic E-state index is 0.736. The molecular formula is C16H25N3. The van der Waals surface area contributed by atoms with Crippen molar-refractivity contribution in [1.82, 2.24) is 4.90 Å². The van der Waals surface area contributed by atoms with Gasteiger partial charge in [-0.25, -0.2) is 0 Å². The number of nitrogens with two attached hydrogens (primary N) is 1. The summed E-state index contributed by atoms with van der Waals surface area (Å²) in [6.45, 7) is 6.98. The molecule has 1 aromatic carbocycles. The molecule has 19 heavy (non-hydrogen) atoms. The molecule has 0 radical (unpaired) electrons. The maximum absolute atomic E-state index is 6.23. The third-order valence-corrected chi connectivity index (χ3v) is 4.71. The van der Waals surface area contributed by atoms with Crippen LogP contribution in [-0.4, -0.2) is 37.1 Å². The van der Waals surface area contributed by atoms with Crippen molar-refractivity contribution in [3.8, 4) is 0 Å². The molecule has 2 aliphatic rings. The summed E-state index contributed by atoms with van der Waals surface area (Å²) in [5, 5.41) is 0. The summed E-state index contributed by atoms with van der Waals surface area (Å²) >= 11 is 0. The molecule has 0 amide bonds. The lowest BCUT2D eigenvalue weighted by atomic mass is 10.1. The van der Waals surface area contributed by atoms with E-state index in [1.165, 1.54) is 50.0 Å². The highest BCUT2D eigenvalue weighted by Crippen LogP contribution is 2.30. The van der Waals surface area contributed by atoms with Crippen LogP contribution < -0.4 is 10.6 Å². The zero-order valence-corrected chi connectivity index (χ0v) is 11.9. The van der Waals surface area contributed by atoms with Gasteiger partial charge in [0.05, 0.1) is 11.4 Å². The van der Waals surface area contributed by atoms with Gasteiger partial charge < -0.3 is 10.6 Å². The van der Waals surface area contributed by atoms with E-state index in [9.17, 15) is 0 Å². The quantitative estimate of drug-likeness (QED) is 0.829. The summed E-state index contributed by atoms with van der Waals surface area (Å²) in [7, 11) is 0. The number of nitrogen functional groups attached to an aromatic ring is 1. The Bertz CT molecular complexity index is 438. The maximum Gasteiger partial charge on any atom is 0.0603 e. The molecule has 0 bridgehead atoms. The molecule has 0 saturated carbocycles. The summed E-state index contributed by atoms with van der Waals surface area (Å²) < 4.78 is 0. The van der Waals surface area contributed by atoms with Crippen LogP contribution in [0.15, 0.2) is 18.2 Å². The van der Waals surface area contributed by atoms with Crippen LogP contribution in [0.5, 0.6) is 0 Å². The van der Waals surface area contributed by atoms with Gasteiger partial charge in [-0.2, -0.15) is 0 Å². The highest BCUT2D eigenvalue weighted by molar-refractivity contribution is 5.71. The van der Waals surface area contributed by atoms with E-state index < -0.39 is 0 Å². The van der Waals surface area contributed by atoms with Crippen LogP contribution in [0.3, 0.4) is 0 Å². The van der Waals surface area contributed by atoms with Crippen molar-refractivity contribution in [2.24, 2.45) is 0 Å².